The molecule has 1 aromatic carbocycles. The lowest BCUT2D eigenvalue weighted by Gasteiger charge is -2.15. The highest BCUT2D eigenvalue weighted by atomic mass is 32.2. The molecule has 0 spiro atoms. The summed E-state index contributed by atoms with van der Waals surface area (Å²) in [5, 5.41) is 0. The molecule has 1 rings (SSSR count). The van der Waals surface area contributed by atoms with Gasteiger partial charge in [0.15, 0.2) is 5.78 Å². The number of nitrogens with one attached hydrogen (secondary N) is 1. The monoisotopic (exact) mass is 298 g/mol. The third-order valence-electron chi connectivity index (χ3n) is 2.86. The van der Waals surface area contributed by atoms with Crippen LogP contribution in [0.3, 0.4) is 0 Å². The summed E-state index contributed by atoms with van der Waals surface area (Å²) >= 11 is 0. The van der Waals surface area contributed by atoms with Crippen molar-refractivity contribution in [3.8, 4) is 0 Å². The second-order valence-corrected chi connectivity index (χ2v) is 7.09. The van der Waals surface area contributed by atoms with E-state index in [0.29, 0.717) is 11.5 Å². The van der Waals surface area contributed by atoms with Crippen molar-refractivity contribution in [1.82, 2.24) is 4.72 Å². The lowest BCUT2D eigenvalue weighted by atomic mass is 10.1. The molecule has 0 amide bonds. The summed E-state index contributed by atoms with van der Waals surface area (Å²) in [6, 6.07) is 5.76. The fraction of sp³-hybridized carbons (Fsp3) is 0.500. The molecule has 0 saturated carbocycles. The molecule has 0 bridgehead atoms. The van der Waals surface area contributed by atoms with Gasteiger partial charge in [0.1, 0.15) is 0 Å². The number of Topliss-reactive ketones (excluding diaryl/α,β-unsaturated/α-hetero) is 1. The topological polar surface area (TPSA) is 89.3 Å². The molecule has 0 aromatic heterocycles. The minimum Gasteiger partial charge on any atom is -0.327 e. The van der Waals surface area contributed by atoms with Gasteiger partial charge in [-0.2, -0.15) is 0 Å². The van der Waals surface area contributed by atoms with Gasteiger partial charge in [0.25, 0.3) is 0 Å². The maximum absolute atomic E-state index is 12.1. The molecule has 0 aliphatic carbocycles. The Bertz CT molecular complexity index is 568. The predicted octanol–water partition coefficient (Wildman–Crippen LogP) is 1.54. The van der Waals surface area contributed by atoms with E-state index in [1.54, 1.807) is 12.1 Å². The Hall–Kier alpha value is -1.24. The Labute approximate surface area is 120 Å². The van der Waals surface area contributed by atoms with Gasteiger partial charge in [-0.25, -0.2) is 13.1 Å². The van der Waals surface area contributed by atoms with Gasteiger partial charge < -0.3 is 5.73 Å². The van der Waals surface area contributed by atoms with Crippen molar-refractivity contribution in [1.29, 1.82) is 0 Å². The van der Waals surface area contributed by atoms with Crippen LogP contribution in [0.5, 0.6) is 0 Å². The fourth-order valence-corrected chi connectivity index (χ4v) is 3.01. The lowest BCUT2D eigenvalue weighted by molar-refractivity contribution is 0.101. The highest BCUT2D eigenvalue weighted by Gasteiger charge is 2.16. The van der Waals surface area contributed by atoms with Crippen molar-refractivity contribution in [3.63, 3.8) is 0 Å². The van der Waals surface area contributed by atoms with Crippen LogP contribution in [0.25, 0.3) is 0 Å². The molecule has 1 atom stereocenters. The number of hydrogen-bond acceptors (Lipinski definition) is 4. The molecule has 0 fully saturated rings. The zero-order valence-electron chi connectivity index (χ0n) is 12.1. The second-order valence-electron chi connectivity index (χ2n) is 5.33. The summed E-state index contributed by atoms with van der Waals surface area (Å²) in [6.07, 6.45) is 0.746. The number of rotatable bonds is 7. The van der Waals surface area contributed by atoms with Gasteiger partial charge in [0.05, 0.1) is 4.90 Å². The van der Waals surface area contributed by atoms with Crippen LogP contribution < -0.4 is 10.5 Å². The first-order valence-corrected chi connectivity index (χ1v) is 8.07. The molecule has 5 nitrogen and oxygen atoms in total. The van der Waals surface area contributed by atoms with E-state index in [9.17, 15) is 13.2 Å². The van der Waals surface area contributed by atoms with Gasteiger partial charge in [-0.1, -0.05) is 26.0 Å². The van der Waals surface area contributed by atoms with E-state index in [-0.39, 0.29) is 23.3 Å². The predicted molar refractivity (Wildman–Crippen MR) is 79.1 cm³/mol. The van der Waals surface area contributed by atoms with E-state index in [2.05, 4.69) is 4.72 Å². The van der Waals surface area contributed by atoms with Crippen LogP contribution in [-0.2, 0) is 10.0 Å². The SMILES string of the molecule is CC(=O)c1cccc(S(=O)(=O)NCC(N)CC(C)C)c1. The third-order valence-corrected chi connectivity index (χ3v) is 4.28. The summed E-state index contributed by atoms with van der Waals surface area (Å²) < 4.78 is 26.7. The molecular formula is C14H22N2O3S. The quantitative estimate of drug-likeness (QED) is 0.747. The molecule has 0 saturated heterocycles. The van der Waals surface area contributed by atoms with Crippen LogP contribution in [-0.4, -0.2) is 26.8 Å². The van der Waals surface area contributed by atoms with E-state index >= 15 is 0 Å². The average Bonchev–Trinajstić information content (AvgIpc) is 2.36. The van der Waals surface area contributed by atoms with Gasteiger partial charge in [-0.3, -0.25) is 4.79 Å². The summed E-state index contributed by atoms with van der Waals surface area (Å²) in [5.41, 5.74) is 6.23. The van der Waals surface area contributed by atoms with Crippen molar-refractivity contribution < 1.29 is 13.2 Å². The highest BCUT2D eigenvalue weighted by molar-refractivity contribution is 7.89. The first kappa shape index (κ1) is 16.8. The van der Waals surface area contributed by atoms with E-state index in [0.717, 1.165) is 6.42 Å². The molecule has 1 aromatic rings. The lowest BCUT2D eigenvalue weighted by Crippen LogP contribution is -2.38. The maximum atomic E-state index is 12.1. The van der Waals surface area contributed by atoms with Gasteiger partial charge in [-0.15, -0.1) is 0 Å². The Morgan fingerprint density at radius 1 is 1.35 bits per heavy atom. The number of sulfonamides is 1. The van der Waals surface area contributed by atoms with Crippen LogP contribution in [0.1, 0.15) is 37.6 Å². The van der Waals surface area contributed by atoms with E-state index in [4.69, 9.17) is 5.73 Å². The number of carbonyl (C=O) groups is 1. The summed E-state index contributed by atoms with van der Waals surface area (Å²) in [5.74, 6) is 0.245. The van der Waals surface area contributed by atoms with Gasteiger partial charge in [-0.05, 0) is 31.4 Å². The van der Waals surface area contributed by atoms with E-state index < -0.39 is 10.0 Å². The van der Waals surface area contributed by atoms with Crippen LogP contribution in [0, 0.1) is 5.92 Å². The third kappa shape index (κ3) is 5.03. The molecule has 3 N–H and O–H groups in total. The van der Waals surface area contributed by atoms with E-state index in [1.807, 2.05) is 13.8 Å². The molecule has 0 aliphatic rings. The van der Waals surface area contributed by atoms with Crippen molar-refractivity contribution >= 4 is 15.8 Å². The van der Waals surface area contributed by atoms with Crippen molar-refractivity contribution in [3.05, 3.63) is 29.8 Å². The molecule has 6 heteroatoms. The van der Waals surface area contributed by atoms with Gasteiger partial charge in [0.2, 0.25) is 10.0 Å². The summed E-state index contributed by atoms with van der Waals surface area (Å²) in [7, 11) is -3.63. The van der Waals surface area contributed by atoms with Crippen LogP contribution in [0.4, 0.5) is 0 Å². The highest BCUT2D eigenvalue weighted by Crippen LogP contribution is 2.12. The van der Waals surface area contributed by atoms with Gasteiger partial charge >= 0.3 is 0 Å². The molecule has 20 heavy (non-hydrogen) atoms. The Morgan fingerprint density at radius 2 is 2.00 bits per heavy atom. The number of nitrogens with two attached hydrogens (primary N) is 1. The summed E-state index contributed by atoms with van der Waals surface area (Å²) in [4.78, 5) is 11.4. The summed E-state index contributed by atoms with van der Waals surface area (Å²) in [6.45, 7) is 5.65. The molecule has 0 heterocycles. The Balaban J connectivity index is 2.79. The molecule has 112 valence electrons. The van der Waals surface area contributed by atoms with Crippen LogP contribution in [0.2, 0.25) is 0 Å². The number of benzene rings is 1. The number of ketones is 1. The minimum atomic E-state index is -3.63. The van der Waals surface area contributed by atoms with Crippen LogP contribution >= 0.6 is 0 Å². The average molecular weight is 298 g/mol. The molecule has 0 radical (unpaired) electrons. The van der Waals surface area contributed by atoms with E-state index in [1.165, 1.54) is 19.1 Å². The molecule has 0 aliphatic heterocycles. The zero-order valence-corrected chi connectivity index (χ0v) is 12.9. The first-order valence-electron chi connectivity index (χ1n) is 6.58. The first-order chi connectivity index (χ1) is 9.22. The second kappa shape index (κ2) is 6.97. The largest absolute Gasteiger partial charge is 0.327 e. The zero-order chi connectivity index (χ0) is 15.3. The van der Waals surface area contributed by atoms with Crippen LogP contribution in [0.15, 0.2) is 29.2 Å². The van der Waals surface area contributed by atoms with Crippen molar-refractivity contribution in [2.45, 2.75) is 38.1 Å². The Kier molecular flexibility index (Phi) is 5.86. The van der Waals surface area contributed by atoms with Crippen molar-refractivity contribution in [2.24, 2.45) is 11.7 Å². The smallest absolute Gasteiger partial charge is 0.240 e. The number of hydrogen-bond donors (Lipinski definition) is 2. The molecular weight excluding hydrogens is 276 g/mol. The van der Waals surface area contributed by atoms with Crippen molar-refractivity contribution in [2.75, 3.05) is 6.54 Å². The number of carbonyl (C=O) groups excluding carboxylic acids is 1. The normalized spacial score (nSPS) is 13.4. The molecule has 1 unspecified atom stereocenters. The Morgan fingerprint density at radius 3 is 2.55 bits per heavy atom. The fourth-order valence-electron chi connectivity index (χ4n) is 1.87. The maximum Gasteiger partial charge on any atom is 0.240 e. The standard InChI is InChI=1S/C14H22N2O3S/c1-10(2)7-13(15)9-16-20(18,19)14-6-4-5-12(8-14)11(3)17/h4-6,8,10,13,16H,7,9,15H2,1-3H3. The van der Waals surface area contributed by atoms with Gasteiger partial charge in [0, 0.05) is 18.2 Å². The minimum absolute atomic E-state index is 0.0851.